The van der Waals surface area contributed by atoms with Crippen molar-refractivity contribution in [3.8, 4) is 0 Å². The topological polar surface area (TPSA) is 68.0 Å². The molecule has 0 aromatic carbocycles. The first-order valence-electron chi connectivity index (χ1n) is 6.59. The number of rotatable bonds is 7. The van der Waals surface area contributed by atoms with Crippen LogP contribution in [0, 0.1) is 5.92 Å². The molecular weight excluding hydrogens is 258 g/mol. The molecule has 4 nitrogen and oxygen atoms in total. The number of nitrogens with zero attached hydrogens (tertiary/aromatic N) is 1. The number of aryl methyl sites for hydroxylation is 1. The zero-order valence-electron chi connectivity index (χ0n) is 11.5. The second kappa shape index (κ2) is 7.84. The van der Waals surface area contributed by atoms with Gasteiger partial charge in [0.25, 0.3) is 0 Å². The second-order valence-electron chi connectivity index (χ2n) is 4.42. The Bertz CT molecular complexity index is 448. The summed E-state index contributed by atoms with van der Waals surface area (Å²) in [6, 6.07) is 3.92. The number of carbonyl (C=O) groups excluding carboxylic acids is 1. The molecule has 0 spiro atoms. The summed E-state index contributed by atoms with van der Waals surface area (Å²) in [7, 11) is 0. The molecule has 0 saturated carbocycles. The van der Waals surface area contributed by atoms with Gasteiger partial charge in [-0.15, -0.1) is 0 Å². The lowest BCUT2D eigenvalue weighted by Gasteiger charge is -2.15. The van der Waals surface area contributed by atoms with E-state index in [4.69, 9.17) is 18.0 Å². The van der Waals surface area contributed by atoms with Crippen LogP contribution in [0.5, 0.6) is 0 Å². The van der Waals surface area contributed by atoms with Gasteiger partial charge in [-0.3, -0.25) is 9.78 Å². The summed E-state index contributed by atoms with van der Waals surface area (Å²) in [5.74, 6) is -0.490. The third kappa shape index (κ3) is 4.59. The molecule has 0 aliphatic rings. The molecule has 1 amide bonds. The average Bonchev–Trinajstić information content (AvgIpc) is 2.42. The van der Waals surface area contributed by atoms with E-state index in [1.54, 1.807) is 6.20 Å². The maximum absolute atomic E-state index is 12.0. The molecule has 0 radical (unpaired) electrons. The van der Waals surface area contributed by atoms with Crippen molar-refractivity contribution < 1.29 is 4.79 Å². The van der Waals surface area contributed by atoms with Crippen LogP contribution in [0.4, 0.5) is 0 Å². The van der Waals surface area contributed by atoms with E-state index in [0.29, 0.717) is 13.0 Å². The molecule has 5 heteroatoms. The molecule has 0 fully saturated rings. The minimum Gasteiger partial charge on any atom is -0.393 e. The van der Waals surface area contributed by atoms with Gasteiger partial charge in [-0.05, 0) is 24.5 Å². The van der Waals surface area contributed by atoms with Crippen molar-refractivity contribution in [1.82, 2.24) is 10.3 Å². The van der Waals surface area contributed by atoms with Crippen molar-refractivity contribution >= 4 is 23.1 Å². The number of nitrogens with two attached hydrogens (primary N) is 1. The largest absolute Gasteiger partial charge is 0.393 e. The monoisotopic (exact) mass is 279 g/mol. The Morgan fingerprint density at radius 1 is 1.53 bits per heavy atom. The smallest absolute Gasteiger partial charge is 0.230 e. The molecule has 1 aromatic heterocycles. The molecule has 3 N–H and O–H groups in total. The van der Waals surface area contributed by atoms with E-state index in [0.717, 1.165) is 24.1 Å². The number of pyridine rings is 1. The Hall–Kier alpha value is -1.49. The van der Waals surface area contributed by atoms with Crippen molar-refractivity contribution in [3.05, 3.63) is 29.6 Å². The maximum atomic E-state index is 12.0. The van der Waals surface area contributed by atoms with Crippen LogP contribution in [0.1, 0.15) is 37.9 Å². The number of amides is 1. The van der Waals surface area contributed by atoms with E-state index >= 15 is 0 Å². The lowest BCUT2D eigenvalue weighted by Crippen LogP contribution is -2.37. The van der Waals surface area contributed by atoms with Gasteiger partial charge in [-0.1, -0.05) is 38.6 Å². The molecule has 1 rings (SSSR count). The molecule has 1 atom stereocenters. The van der Waals surface area contributed by atoms with Crippen LogP contribution in [-0.2, 0) is 17.8 Å². The first-order valence-corrected chi connectivity index (χ1v) is 7.00. The summed E-state index contributed by atoms with van der Waals surface area (Å²) in [6.45, 7) is 4.50. The van der Waals surface area contributed by atoms with Crippen LogP contribution in [0.3, 0.4) is 0 Å². The Morgan fingerprint density at radius 2 is 2.26 bits per heavy atom. The molecule has 1 aromatic rings. The van der Waals surface area contributed by atoms with Gasteiger partial charge >= 0.3 is 0 Å². The Kier molecular flexibility index (Phi) is 6.42. The highest BCUT2D eigenvalue weighted by molar-refractivity contribution is 7.80. The molecule has 104 valence electrons. The van der Waals surface area contributed by atoms with E-state index in [1.165, 1.54) is 0 Å². The summed E-state index contributed by atoms with van der Waals surface area (Å²) < 4.78 is 0. The van der Waals surface area contributed by atoms with Crippen LogP contribution < -0.4 is 11.1 Å². The third-order valence-corrected chi connectivity index (χ3v) is 3.32. The van der Waals surface area contributed by atoms with Crippen molar-refractivity contribution in [2.45, 2.75) is 39.7 Å². The number of carbonyl (C=O) groups is 1. The van der Waals surface area contributed by atoms with Crippen LogP contribution >= 0.6 is 12.2 Å². The van der Waals surface area contributed by atoms with E-state index < -0.39 is 0 Å². The number of hydrogen-bond acceptors (Lipinski definition) is 3. The third-order valence-electron chi connectivity index (χ3n) is 3.03. The van der Waals surface area contributed by atoms with Crippen molar-refractivity contribution in [1.29, 1.82) is 0 Å². The Morgan fingerprint density at radius 3 is 2.84 bits per heavy atom. The minimum atomic E-state index is -0.381. The highest BCUT2D eigenvalue weighted by atomic mass is 32.1. The average molecular weight is 279 g/mol. The summed E-state index contributed by atoms with van der Waals surface area (Å²) in [5.41, 5.74) is 7.65. The SMILES string of the molecule is CCCC(C(=O)NCc1ncccc1CC)C(N)=S. The number of aromatic nitrogens is 1. The molecular formula is C14H21N3OS. The molecule has 19 heavy (non-hydrogen) atoms. The predicted molar refractivity (Wildman–Crippen MR) is 80.6 cm³/mol. The van der Waals surface area contributed by atoms with Gasteiger partial charge in [-0.25, -0.2) is 0 Å². The van der Waals surface area contributed by atoms with E-state index in [1.807, 2.05) is 19.1 Å². The molecule has 0 aliphatic heterocycles. The highest BCUT2D eigenvalue weighted by Crippen LogP contribution is 2.09. The lowest BCUT2D eigenvalue weighted by molar-refractivity contribution is -0.123. The van der Waals surface area contributed by atoms with Crippen LogP contribution in [0.25, 0.3) is 0 Å². The lowest BCUT2D eigenvalue weighted by atomic mass is 10.0. The second-order valence-corrected chi connectivity index (χ2v) is 4.90. The maximum Gasteiger partial charge on any atom is 0.230 e. The van der Waals surface area contributed by atoms with Gasteiger partial charge < -0.3 is 11.1 Å². The van der Waals surface area contributed by atoms with Crippen molar-refractivity contribution in [2.24, 2.45) is 11.7 Å². The first kappa shape index (κ1) is 15.6. The van der Waals surface area contributed by atoms with E-state index in [2.05, 4.69) is 17.2 Å². The zero-order valence-corrected chi connectivity index (χ0v) is 12.3. The standard InChI is InChI=1S/C14H21N3OS/c1-3-6-11(13(15)19)14(18)17-9-12-10(4-2)7-5-8-16-12/h5,7-8,11H,3-4,6,9H2,1-2H3,(H2,15,19)(H,17,18). The predicted octanol–water partition coefficient (Wildman–Crippen LogP) is 1.96. The molecule has 0 aliphatic carbocycles. The van der Waals surface area contributed by atoms with Gasteiger partial charge in [0.1, 0.15) is 0 Å². The fourth-order valence-corrected chi connectivity index (χ4v) is 2.16. The van der Waals surface area contributed by atoms with Crippen molar-refractivity contribution in [2.75, 3.05) is 0 Å². The fraction of sp³-hybridized carbons (Fsp3) is 0.500. The zero-order chi connectivity index (χ0) is 14.3. The van der Waals surface area contributed by atoms with E-state index in [9.17, 15) is 4.79 Å². The highest BCUT2D eigenvalue weighted by Gasteiger charge is 2.20. The molecule has 0 bridgehead atoms. The van der Waals surface area contributed by atoms with Gasteiger partial charge in [0.2, 0.25) is 5.91 Å². The quantitative estimate of drug-likeness (QED) is 0.749. The van der Waals surface area contributed by atoms with Crippen LogP contribution in [0.2, 0.25) is 0 Å². The minimum absolute atomic E-state index is 0.109. The summed E-state index contributed by atoms with van der Waals surface area (Å²) in [6.07, 6.45) is 4.19. The summed E-state index contributed by atoms with van der Waals surface area (Å²) >= 11 is 4.94. The van der Waals surface area contributed by atoms with Crippen molar-refractivity contribution in [3.63, 3.8) is 0 Å². The first-order chi connectivity index (χ1) is 9.10. The van der Waals surface area contributed by atoms with Gasteiger partial charge in [0.15, 0.2) is 0 Å². The Labute approximate surface area is 119 Å². The van der Waals surface area contributed by atoms with Crippen LogP contribution in [0.15, 0.2) is 18.3 Å². The number of hydrogen-bond donors (Lipinski definition) is 2. The van der Waals surface area contributed by atoms with Gasteiger partial charge in [0.05, 0.1) is 23.1 Å². The Balaban J connectivity index is 2.64. The molecule has 1 heterocycles. The summed E-state index contributed by atoms with van der Waals surface area (Å²) in [5, 5.41) is 2.87. The number of thiocarbonyl (C=S) groups is 1. The normalized spacial score (nSPS) is 11.9. The molecule has 0 saturated heterocycles. The van der Waals surface area contributed by atoms with E-state index in [-0.39, 0.29) is 16.8 Å². The number of nitrogens with one attached hydrogen (secondary N) is 1. The van der Waals surface area contributed by atoms with Crippen LogP contribution in [-0.4, -0.2) is 15.9 Å². The summed E-state index contributed by atoms with van der Waals surface area (Å²) in [4.78, 5) is 16.6. The fourth-order valence-electron chi connectivity index (χ4n) is 1.94. The molecule has 1 unspecified atom stereocenters. The van der Waals surface area contributed by atoms with Gasteiger partial charge in [-0.2, -0.15) is 0 Å². The van der Waals surface area contributed by atoms with Gasteiger partial charge in [0, 0.05) is 6.20 Å².